The number of hydrogen-bond acceptors (Lipinski definition) is 2. The van der Waals surface area contributed by atoms with E-state index in [-0.39, 0.29) is 0 Å². The molecule has 2 N–H and O–H groups in total. The Morgan fingerprint density at radius 3 is 2.20 bits per heavy atom. The molecule has 1 atom stereocenters. The van der Waals surface area contributed by atoms with Gasteiger partial charge in [0.25, 0.3) is 0 Å². The van der Waals surface area contributed by atoms with E-state index < -0.39 is 5.60 Å². The van der Waals surface area contributed by atoms with E-state index in [0.717, 1.165) is 38.4 Å². The van der Waals surface area contributed by atoms with Crippen molar-refractivity contribution >= 4 is 21.7 Å². The van der Waals surface area contributed by atoms with Gasteiger partial charge in [0, 0.05) is 22.0 Å². The largest absolute Gasteiger partial charge is 0.496 e. The van der Waals surface area contributed by atoms with Gasteiger partial charge in [-0.25, -0.2) is 0 Å². The molecule has 0 radical (unpaired) electrons. The Morgan fingerprint density at radius 2 is 1.37 bits per heavy atom. The van der Waals surface area contributed by atoms with E-state index in [9.17, 15) is 5.11 Å². The monoisotopic (exact) mass is 455 g/mol. The van der Waals surface area contributed by atoms with E-state index in [1.807, 2.05) is 78.9 Å². The number of para-hydroxylation sites is 2. The predicted molar refractivity (Wildman–Crippen MR) is 143 cm³/mol. The van der Waals surface area contributed by atoms with Crippen LogP contribution < -0.4 is 4.74 Å². The highest BCUT2D eigenvalue weighted by atomic mass is 16.5. The third-order valence-electron chi connectivity index (χ3n) is 6.79. The zero-order valence-corrected chi connectivity index (χ0v) is 19.4. The lowest BCUT2D eigenvalue weighted by atomic mass is 9.79. The number of methoxy groups -OCH3 is 1. The second-order valence-electron chi connectivity index (χ2n) is 8.76. The Bertz CT molecular complexity index is 1650. The Balaban J connectivity index is 1.74. The van der Waals surface area contributed by atoms with Crippen LogP contribution in [-0.2, 0) is 5.60 Å². The third-order valence-corrected chi connectivity index (χ3v) is 6.79. The Kier molecular flexibility index (Phi) is 5.13. The van der Waals surface area contributed by atoms with Crippen LogP contribution in [0.4, 0.5) is 0 Å². The van der Waals surface area contributed by atoms with Crippen molar-refractivity contribution in [3.63, 3.8) is 0 Å². The normalized spacial score (nSPS) is 13.1. The number of fused-ring (bicyclic) bond motifs is 2. The number of hydrogen-bond donors (Lipinski definition) is 2. The molecule has 0 aliphatic carbocycles. The van der Waals surface area contributed by atoms with Crippen molar-refractivity contribution in [3.8, 4) is 16.9 Å². The lowest BCUT2D eigenvalue weighted by Gasteiger charge is -2.31. The van der Waals surface area contributed by atoms with Gasteiger partial charge >= 0.3 is 0 Å². The number of aromatic nitrogens is 1. The molecular formula is C32H25NO2. The quantitative estimate of drug-likeness (QED) is 0.287. The van der Waals surface area contributed by atoms with Crippen LogP contribution in [0.2, 0.25) is 0 Å². The zero-order valence-electron chi connectivity index (χ0n) is 19.4. The minimum absolute atomic E-state index is 0.626. The fourth-order valence-corrected chi connectivity index (χ4v) is 5.11. The highest BCUT2D eigenvalue weighted by Gasteiger charge is 2.40. The van der Waals surface area contributed by atoms with E-state index in [2.05, 4.69) is 47.4 Å². The Hall–Kier alpha value is -4.34. The first-order chi connectivity index (χ1) is 17.2. The fraction of sp³-hybridized carbons (Fsp3) is 0.0625. The molecule has 0 aliphatic rings. The highest BCUT2D eigenvalue weighted by molar-refractivity contribution is 5.98. The van der Waals surface area contributed by atoms with Crippen molar-refractivity contribution in [3.05, 3.63) is 138 Å². The Morgan fingerprint density at radius 1 is 0.686 bits per heavy atom. The summed E-state index contributed by atoms with van der Waals surface area (Å²) in [5, 5.41) is 16.2. The summed E-state index contributed by atoms with van der Waals surface area (Å²) >= 11 is 0. The van der Waals surface area contributed by atoms with Crippen LogP contribution in [0.15, 0.2) is 121 Å². The third kappa shape index (κ3) is 3.40. The molecule has 1 aromatic heterocycles. The van der Waals surface area contributed by atoms with Crippen LogP contribution in [0.1, 0.15) is 16.8 Å². The van der Waals surface area contributed by atoms with Crippen LogP contribution >= 0.6 is 0 Å². The topological polar surface area (TPSA) is 45.2 Å². The highest BCUT2D eigenvalue weighted by Crippen LogP contribution is 2.47. The van der Waals surface area contributed by atoms with Gasteiger partial charge < -0.3 is 14.8 Å². The van der Waals surface area contributed by atoms with Crippen LogP contribution in [-0.4, -0.2) is 17.2 Å². The number of aromatic amines is 1. The number of ether oxygens (including phenoxy) is 1. The predicted octanol–water partition coefficient (Wildman–Crippen LogP) is 7.28. The maximum Gasteiger partial charge on any atom is 0.159 e. The molecule has 0 spiro atoms. The van der Waals surface area contributed by atoms with Crippen LogP contribution in [0, 0.1) is 0 Å². The number of rotatable bonds is 5. The van der Waals surface area contributed by atoms with E-state index in [4.69, 9.17) is 4.74 Å². The zero-order chi connectivity index (χ0) is 23.8. The summed E-state index contributed by atoms with van der Waals surface area (Å²) in [4.78, 5) is 3.59. The van der Waals surface area contributed by atoms with Crippen molar-refractivity contribution in [1.29, 1.82) is 0 Å². The molecule has 0 amide bonds. The number of H-pyrrole nitrogens is 1. The summed E-state index contributed by atoms with van der Waals surface area (Å²) in [6, 6.07) is 40.5. The van der Waals surface area contributed by atoms with Crippen LogP contribution in [0.5, 0.6) is 5.75 Å². The van der Waals surface area contributed by atoms with Crippen molar-refractivity contribution in [2.75, 3.05) is 7.11 Å². The molecule has 0 saturated carbocycles. The second-order valence-corrected chi connectivity index (χ2v) is 8.76. The van der Waals surface area contributed by atoms with Gasteiger partial charge in [-0.05, 0) is 40.1 Å². The number of nitrogens with one attached hydrogen (secondary N) is 1. The van der Waals surface area contributed by atoms with Crippen molar-refractivity contribution in [1.82, 2.24) is 4.98 Å². The molecule has 35 heavy (non-hydrogen) atoms. The van der Waals surface area contributed by atoms with Gasteiger partial charge in [0.15, 0.2) is 5.60 Å². The molecule has 0 bridgehead atoms. The molecule has 0 saturated heterocycles. The van der Waals surface area contributed by atoms with E-state index >= 15 is 0 Å². The first-order valence-electron chi connectivity index (χ1n) is 11.7. The smallest absolute Gasteiger partial charge is 0.159 e. The fourth-order valence-electron chi connectivity index (χ4n) is 5.11. The molecular weight excluding hydrogens is 430 g/mol. The summed E-state index contributed by atoms with van der Waals surface area (Å²) < 4.78 is 5.77. The minimum atomic E-state index is -1.50. The average Bonchev–Trinajstić information content (AvgIpc) is 3.33. The summed E-state index contributed by atoms with van der Waals surface area (Å²) in [6.07, 6.45) is 0. The second kappa shape index (κ2) is 8.46. The molecule has 6 aromatic rings. The van der Waals surface area contributed by atoms with E-state index in [1.54, 1.807) is 7.11 Å². The molecule has 1 unspecified atom stereocenters. The summed E-state index contributed by atoms with van der Waals surface area (Å²) in [6.45, 7) is 0. The maximum absolute atomic E-state index is 12.9. The molecule has 1 heterocycles. The molecule has 3 heteroatoms. The molecule has 0 aliphatic heterocycles. The van der Waals surface area contributed by atoms with Crippen molar-refractivity contribution in [2.24, 2.45) is 0 Å². The molecule has 170 valence electrons. The SMILES string of the molecule is COc1ccccc1C(O)(c1ccc2ccccc2c1)c1[nH]c2ccccc2c1-c1ccccc1. The van der Waals surface area contributed by atoms with E-state index in [0.29, 0.717) is 17.0 Å². The van der Waals surface area contributed by atoms with Crippen LogP contribution in [0.3, 0.4) is 0 Å². The summed E-state index contributed by atoms with van der Waals surface area (Å²) in [5.74, 6) is 0.626. The van der Waals surface area contributed by atoms with E-state index in [1.165, 1.54) is 0 Å². The van der Waals surface area contributed by atoms with Crippen molar-refractivity contribution < 1.29 is 9.84 Å². The summed E-state index contributed by atoms with van der Waals surface area (Å²) in [7, 11) is 1.64. The van der Waals surface area contributed by atoms with Crippen LogP contribution in [0.25, 0.3) is 32.8 Å². The van der Waals surface area contributed by atoms with Gasteiger partial charge in [0.05, 0.1) is 12.8 Å². The van der Waals surface area contributed by atoms with Gasteiger partial charge in [0.1, 0.15) is 5.75 Å². The van der Waals surface area contributed by atoms with Gasteiger partial charge in [0.2, 0.25) is 0 Å². The van der Waals surface area contributed by atoms with Gasteiger partial charge in [-0.15, -0.1) is 0 Å². The Labute approximate surface area is 204 Å². The average molecular weight is 456 g/mol. The first kappa shape index (κ1) is 21.2. The number of aliphatic hydroxyl groups is 1. The van der Waals surface area contributed by atoms with Gasteiger partial charge in [-0.1, -0.05) is 103 Å². The molecule has 5 aromatic carbocycles. The summed E-state index contributed by atoms with van der Waals surface area (Å²) in [5.41, 5.74) is 3.64. The molecule has 3 nitrogen and oxygen atoms in total. The lowest BCUT2D eigenvalue weighted by Crippen LogP contribution is -2.30. The van der Waals surface area contributed by atoms with Crippen molar-refractivity contribution in [2.45, 2.75) is 5.60 Å². The standard InChI is InChI=1S/C32H25NO2/c1-35-29-18-10-8-16-27(29)32(34,25-20-19-22-11-5-6-14-24(22)21-25)31-30(23-12-3-2-4-13-23)26-15-7-9-17-28(26)33-31/h2-21,33-34H,1H3. The number of benzene rings is 5. The van der Waals surface area contributed by atoms with Gasteiger partial charge in [-0.3, -0.25) is 0 Å². The molecule has 0 fully saturated rings. The first-order valence-corrected chi connectivity index (χ1v) is 11.7. The minimum Gasteiger partial charge on any atom is -0.496 e. The van der Waals surface area contributed by atoms with Gasteiger partial charge in [-0.2, -0.15) is 0 Å². The lowest BCUT2D eigenvalue weighted by molar-refractivity contribution is 0.119. The molecule has 6 rings (SSSR count). The maximum atomic E-state index is 12.9.